The van der Waals surface area contributed by atoms with Crippen molar-refractivity contribution >= 4 is 56.1 Å². The highest BCUT2D eigenvalue weighted by molar-refractivity contribution is 7.88. The molecule has 10 heteroatoms. The van der Waals surface area contributed by atoms with Crippen molar-refractivity contribution < 1.29 is 22.7 Å². The lowest BCUT2D eigenvalue weighted by Crippen LogP contribution is -2.24. The van der Waals surface area contributed by atoms with Crippen molar-refractivity contribution in [3.05, 3.63) is 43.2 Å². The number of carbonyl (C=O) groups is 2. The van der Waals surface area contributed by atoms with Crippen LogP contribution in [0.1, 0.15) is 24.2 Å². The molecule has 0 saturated heterocycles. The van der Waals surface area contributed by atoms with E-state index in [1.54, 1.807) is 24.3 Å². The quantitative estimate of drug-likeness (QED) is 0.536. The smallest absolute Gasteiger partial charge is 0.348 e. The highest BCUT2D eigenvalue weighted by atomic mass is 35.5. The first kappa shape index (κ1) is 19.1. The Morgan fingerprint density at radius 3 is 2.50 bits per heavy atom. The lowest BCUT2D eigenvalue weighted by atomic mass is 10.3. The molecule has 2 rings (SSSR count). The number of hydrogen-bond acceptors (Lipinski definition) is 7. The predicted molar refractivity (Wildman–Crippen MR) is 94.8 cm³/mol. The van der Waals surface area contributed by atoms with Gasteiger partial charge in [-0.15, -0.1) is 22.7 Å². The summed E-state index contributed by atoms with van der Waals surface area (Å²) < 4.78 is 29.8. The summed E-state index contributed by atoms with van der Waals surface area (Å²) in [6.45, 7) is -0.0933. The molecule has 24 heavy (non-hydrogen) atoms. The Bertz CT molecular complexity index is 840. The van der Waals surface area contributed by atoms with E-state index < -0.39 is 16.0 Å². The van der Waals surface area contributed by atoms with Crippen LogP contribution in [-0.2, 0) is 21.2 Å². The third-order valence-corrected chi connectivity index (χ3v) is 5.91. The van der Waals surface area contributed by atoms with E-state index in [2.05, 4.69) is 4.72 Å². The lowest BCUT2D eigenvalue weighted by molar-refractivity contribution is 0.0480. The fourth-order valence-corrected chi connectivity index (χ4v) is 4.06. The molecular weight excluding hydrogens is 394 g/mol. The number of ketones is 1. The van der Waals surface area contributed by atoms with Gasteiger partial charge in [0.15, 0.2) is 6.61 Å². The summed E-state index contributed by atoms with van der Waals surface area (Å²) in [5.41, 5.74) is 0. The van der Waals surface area contributed by atoms with Crippen molar-refractivity contribution in [3.63, 3.8) is 0 Å². The summed E-state index contributed by atoms with van der Waals surface area (Å²) in [6.07, 6.45) is 1.56. The van der Waals surface area contributed by atoms with Gasteiger partial charge in [0, 0.05) is 11.4 Å². The molecule has 0 radical (unpaired) electrons. The SMILES string of the molecule is CS(=O)(=O)NCCc1ccc(C(=O)OCC(=O)c2ccc(Cl)s2)s1. The van der Waals surface area contributed by atoms with Crippen molar-refractivity contribution in [1.82, 2.24) is 4.72 Å². The van der Waals surface area contributed by atoms with Crippen LogP contribution in [0, 0.1) is 0 Å². The first-order valence-electron chi connectivity index (χ1n) is 6.73. The lowest BCUT2D eigenvalue weighted by Gasteiger charge is -2.01. The monoisotopic (exact) mass is 407 g/mol. The molecule has 0 saturated carbocycles. The van der Waals surface area contributed by atoms with Gasteiger partial charge in [0.1, 0.15) is 4.88 Å². The van der Waals surface area contributed by atoms with Gasteiger partial charge < -0.3 is 4.74 Å². The van der Waals surface area contributed by atoms with Gasteiger partial charge in [-0.3, -0.25) is 4.79 Å². The molecule has 0 aliphatic heterocycles. The number of nitrogens with one attached hydrogen (secondary N) is 1. The van der Waals surface area contributed by atoms with Crippen molar-refractivity contribution in [2.24, 2.45) is 0 Å². The molecule has 2 aromatic heterocycles. The fraction of sp³-hybridized carbons (Fsp3) is 0.286. The average Bonchev–Trinajstić information content (AvgIpc) is 3.12. The number of carbonyl (C=O) groups excluding carboxylic acids is 2. The maximum absolute atomic E-state index is 11.9. The van der Waals surface area contributed by atoms with E-state index in [0.717, 1.165) is 22.5 Å². The normalized spacial score (nSPS) is 11.4. The molecular formula is C14H14ClNO5S3. The van der Waals surface area contributed by atoms with Gasteiger partial charge in [0.25, 0.3) is 0 Å². The third-order valence-electron chi connectivity index (χ3n) is 2.78. The van der Waals surface area contributed by atoms with Gasteiger partial charge in [0.05, 0.1) is 15.5 Å². The Kier molecular flexibility index (Phi) is 6.53. The minimum absolute atomic E-state index is 0.255. The van der Waals surface area contributed by atoms with Crippen LogP contribution in [-0.4, -0.2) is 39.6 Å². The van der Waals surface area contributed by atoms with Crippen LogP contribution in [0.3, 0.4) is 0 Å². The summed E-state index contributed by atoms with van der Waals surface area (Å²) >= 11 is 8.09. The van der Waals surface area contributed by atoms with E-state index in [1.165, 1.54) is 11.3 Å². The molecule has 130 valence electrons. The van der Waals surface area contributed by atoms with Crippen molar-refractivity contribution in [1.29, 1.82) is 0 Å². The maximum Gasteiger partial charge on any atom is 0.348 e. The molecule has 0 bridgehead atoms. The second-order valence-electron chi connectivity index (χ2n) is 4.79. The summed E-state index contributed by atoms with van der Waals surface area (Å²) in [7, 11) is -3.23. The van der Waals surface area contributed by atoms with E-state index >= 15 is 0 Å². The maximum atomic E-state index is 11.9. The van der Waals surface area contributed by atoms with Gasteiger partial charge in [0.2, 0.25) is 15.8 Å². The van der Waals surface area contributed by atoms with Crippen LogP contribution in [0.15, 0.2) is 24.3 Å². The zero-order valence-corrected chi connectivity index (χ0v) is 15.8. The Morgan fingerprint density at radius 2 is 1.88 bits per heavy atom. The molecule has 0 spiro atoms. The molecule has 0 aromatic carbocycles. The van der Waals surface area contributed by atoms with Crippen LogP contribution in [0.2, 0.25) is 4.34 Å². The molecule has 2 heterocycles. The van der Waals surface area contributed by atoms with Crippen molar-refractivity contribution in [2.75, 3.05) is 19.4 Å². The second-order valence-corrected chi connectivity index (χ2v) is 9.50. The van der Waals surface area contributed by atoms with E-state index in [0.29, 0.717) is 20.5 Å². The summed E-state index contributed by atoms with van der Waals surface area (Å²) in [4.78, 5) is 25.4. The minimum atomic E-state index is -3.23. The van der Waals surface area contributed by atoms with Gasteiger partial charge >= 0.3 is 5.97 Å². The van der Waals surface area contributed by atoms with Crippen LogP contribution < -0.4 is 4.72 Å². The highest BCUT2D eigenvalue weighted by Gasteiger charge is 2.15. The molecule has 2 aromatic rings. The standard InChI is InChI=1S/C14H14ClNO5S3/c1-24(19,20)16-7-6-9-2-3-12(22-9)14(18)21-8-10(17)11-4-5-13(15)23-11/h2-5,16H,6-8H2,1H3. The molecule has 0 aliphatic rings. The number of Topliss-reactive ketones (excluding diaryl/α,β-unsaturated/α-hetero) is 1. The van der Waals surface area contributed by atoms with Gasteiger partial charge in [-0.25, -0.2) is 17.9 Å². The van der Waals surface area contributed by atoms with Gasteiger partial charge in [-0.2, -0.15) is 0 Å². The number of rotatable bonds is 8. The van der Waals surface area contributed by atoms with E-state index in [9.17, 15) is 18.0 Å². The van der Waals surface area contributed by atoms with Crippen LogP contribution in [0.4, 0.5) is 0 Å². The molecule has 0 aliphatic carbocycles. The third kappa shape index (κ3) is 5.99. The molecule has 0 atom stereocenters. The van der Waals surface area contributed by atoms with Crippen LogP contribution in [0.25, 0.3) is 0 Å². The van der Waals surface area contributed by atoms with Crippen LogP contribution >= 0.6 is 34.3 Å². The number of sulfonamides is 1. The number of esters is 1. The number of ether oxygens (including phenoxy) is 1. The van der Waals surface area contributed by atoms with Crippen molar-refractivity contribution in [2.45, 2.75) is 6.42 Å². The van der Waals surface area contributed by atoms with Gasteiger partial charge in [-0.05, 0) is 30.7 Å². The topological polar surface area (TPSA) is 89.5 Å². The molecule has 0 fully saturated rings. The zero-order chi connectivity index (χ0) is 17.7. The largest absolute Gasteiger partial charge is 0.453 e. The molecule has 0 amide bonds. The Labute approximate surface area is 152 Å². The molecule has 1 N–H and O–H groups in total. The Morgan fingerprint density at radius 1 is 1.17 bits per heavy atom. The van der Waals surface area contributed by atoms with E-state index in [1.807, 2.05) is 0 Å². The minimum Gasteiger partial charge on any atom is -0.453 e. The second kappa shape index (κ2) is 8.21. The molecule has 0 unspecified atom stereocenters. The average molecular weight is 408 g/mol. The first-order valence-corrected chi connectivity index (χ1v) is 10.6. The predicted octanol–water partition coefficient (Wildman–Crippen LogP) is 2.59. The van der Waals surface area contributed by atoms with Crippen LogP contribution in [0.5, 0.6) is 0 Å². The highest BCUT2D eigenvalue weighted by Crippen LogP contribution is 2.22. The zero-order valence-electron chi connectivity index (χ0n) is 12.6. The molecule has 6 nitrogen and oxygen atoms in total. The number of hydrogen-bond donors (Lipinski definition) is 1. The number of thiophene rings is 2. The van der Waals surface area contributed by atoms with Gasteiger partial charge in [-0.1, -0.05) is 11.6 Å². The number of halogens is 1. The first-order chi connectivity index (χ1) is 11.2. The summed E-state index contributed by atoms with van der Waals surface area (Å²) in [5.74, 6) is -0.896. The summed E-state index contributed by atoms with van der Waals surface area (Å²) in [5, 5.41) is 0. The summed E-state index contributed by atoms with van der Waals surface area (Å²) in [6, 6.07) is 6.51. The van der Waals surface area contributed by atoms with E-state index in [-0.39, 0.29) is 18.9 Å². The van der Waals surface area contributed by atoms with E-state index in [4.69, 9.17) is 16.3 Å². The Balaban J connectivity index is 1.83. The Hall–Kier alpha value is -1.26. The fourth-order valence-electron chi connectivity index (χ4n) is 1.72. The van der Waals surface area contributed by atoms with Crippen molar-refractivity contribution in [3.8, 4) is 0 Å².